The van der Waals surface area contributed by atoms with Crippen molar-refractivity contribution in [1.29, 1.82) is 0 Å². The van der Waals surface area contributed by atoms with Crippen LogP contribution in [0.4, 0.5) is 0 Å². The molecular formula is C12H24N2O2S. The van der Waals surface area contributed by atoms with E-state index < -0.39 is 9.84 Å². The first kappa shape index (κ1) is 13.3. The molecular weight excluding hydrogens is 236 g/mol. The molecule has 1 saturated carbocycles. The molecule has 0 aromatic heterocycles. The van der Waals surface area contributed by atoms with E-state index in [-0.39, 0.29) is 0 Å². The van der Waals surface area contributed by atoms with E-state index in [2.05, 4.69) is 4.90 Å². The van der Waals surface area contributed by atoms with E-state index in [1.54, 1.807) is 0 Å². The van der Waals surface area contributed by atoms with Gasteiger partial charge in [0.05, 0.1) is 5.75 Å². The average molecular weight is 260 g/mol. The largest absolute Gasteiger partial charge is 0.327 e. The number of hydrogen-bond donors (Lipinski definition) is 1. The van der Waals surface area contributed by atoms with Crippen molar-refractivity contribution in [2.45, 2.75) is 31.7 Å². The minimum atomic E-state index is -2.80. The van der Waals surface area contributed by atoms with Gasteiger partial charge in [0.1, 0.15) is 9.84 Å². The topological polar surface area (TPSA) is 63.4 Å². The van der Waals surface area contributed by atoms with Crippen LogP contribution in [0.1, 0.15) is 25.7 Å². The van der Waals surface area contributed by atoms with E-state index >= 15 is 0 Å². The predicted molar refractivity (Wildman–Crippen MR) is 69.6 cm³/mol. The van der Waals surface area contributed by atoms with Crippen molar-refractivity contribution in [2.75, 3.05) is 31.6 Å². The number of nitrogens with zero attached hydrogens (tertiary/aromatic N) is 1. The van der Waals surface area contributed by atoms with E-state index in [9.17, 15) is 8.42 Å². The highest BCUT2D eigenvalue weighted by molar-refractivity contribution is 7.90. The SMILES string of the molecule is CS(=O)(=O)CCCN1CC2CCCC(N)C2C1. The third-order valence-electron chi connectivity index (χ3n) is 4.22. The molecule has 0 amide bonds. The number of likely N-dealkylation sites (tertiary alicyclic amines) is 1. The lowest BCUT2D eigenvalue weighted by Gasteiger charge is -2.29. The van der Waals surface area contributed by atoms with E-state index in [1.165, 1.54) is 25.5 Å². The van der Waals surface area contributed by atoms with E-state index in [4.69, 9.17) is 5.73 Å². The molecule has 17 heavy (non-hydrogen) atoms. The van der Waals surface area contributed by atoms with Crippen molar-refractivity contribution in [3.63, 3.8) is 0 Å². The molecule has 1 aliphatic heterocycles. The highest BCUT2D eigenvalue weighted by Gasteiger charge is 2.38. The molecule has 0 aromatic rings. The Morgan fingerprint density at radius 2 is 2.06 bits per heavy atom. The molecule has 5 heteroatoms. The van der Waals surface area contributed by atoms with Gasteiger partial charge >= 0.3 is 0 Å². The van der Waals surface area contributed by atoms with Crippen molar-refractivity contribution in [3.05, 3.63) is 0 Å². The van der Waals surface area contributed by atoms with Crippen molar-refractivity contribution < 1.29 is 8.42 Å². The molecule has 2 aliphatic rings. The summed E-state index contributed by atoms with van der Waals surface area (Å²) in [5.41, 5.74) is 6.16. The zero-order valence-corrected chi connectivity index (χ0v) is 11.5. The van der Waals surface area contributed by atoms with Crippen LogP contribution in [0.15, 0.2) is 0 Å². The van der Waals surface area contributed by atoms with Crippen LogP contribution < -0.4 is 5.73 Å². The zero-order valence-electron chi connectivity index (χ0n) is 10.6. The maximum absolute atomic E-state index is 11.1. The number of rotatable bonds is 4. The van der Waals surface area contributed by atoms with Gasteiger partial charge in [-0.25, -0.2) is 8.42 Å². The van der Waals surface area contributed by atoms with Gasteiger partial charge in [0.25, 0.3) is 0 Å². The van der Waals surface area contributed by atoms with Crippen molar-refractivity contribution >= 4 is 9.84 Å². The predicted octanol–water partition coefficient (Wildman–Crippen LogP) is 0.480. The Morgan fingerprint density at radius 3 is 2.71 bits per heavy atom. The normalized spacial score (nSPS) is 34.8. The molecule has 1 aliphatic carbocycles. The lowest BCUT2D eigenvalue weighted by Crippen LogP contribution is -2.38. The first-order valence-corrected chi connectivity index (χ1v) is 8.67. The zero-order chi connectivity index (χ0) is 12.5. The lowest BCUT2D eigenvalue weighted by molar-refractivity contribution is 0.259. The fraction of sp³-hybridized carbons (Fsp3) is 1.00. The summed E-state index contributed by atoms with van der Waals surface area (Å²) in [6.07, 6.45) is 5.80. The van der Waals surface area contributed by atoms with Crippen molar-refractivity contribution in [3.8, 4) is 0 Å². The fourth-order valence-corrected chi connectivity index (χ4v) is 4.00. The Hall–Kier alpha value is -0.130. The number of sulfone groups is 1. The van der Waals surface area contributed by atoms with Gasteiger partial charge in [-0.2, -0.15) is 0 Å². The first-order chi connectivity index (χ1) is 7.96. The molecule has 1 saturated heterocycles. The Morgan fingerprint density at radius 1 is 1.29 bits per heavy atom. The second-order valence-electron chi connectivity index (χ2n) is 5.76. The second kappa shape index (κ2) is 5.24. The minimum absolute atomic E-state index is 0.310. The molecule has 0 radical (unpaired) electrons. The Bertz CT molecular complexity index is 356. The third kappa shape index (κ3) is 3.66. The smallest absolute Gasteiger partial charge is 0.147 e. The molecule has 2 rings (SSSR count). The highest BCUT2D eigenvalue weighted by Crippen LogP contribution is 2.35. The minimum Gasteiger partial charge on any atom is -0.327 e. The number of nitrogens with two attached hydrogens (primary N) is 1. The van der Waals surface area contributed by atoms with Crippen LogP contribution in [-0.4, -0.2) is 51.0 Å². The molecule has 4 nitrogen and oxygen atoms in total. The summed E-state index contributed by atoms with van der Waals surface area (Å²) < 4.78 is 22.1. The summed E-state index contributed by atoms with van der Waals surface area (Å²) in [7, 11) is -2.80. The van der Waals surface area contributed by atoms with Crippen LogP contribution in [0, 0.1) is 11.8 Å². The highest BCUT2D eigenvalue weighted by atomic mass is 32.2. The number of hydrogen-bond acceptors (Lipinski definition) is 4. The molecule has 1 heterocycles. The van der Waals surface area contributed by atoms with Gasteiger partial charge in [-0.3, -0.25) is 0 Å². The van der Waals surface area contributed by atoms with Gasteiger partial charge < -0.3 is 10.6 Å². The van der Waals surface area contributed by atoms with Crippen LogP contribution in [0.3, 0.4) is 0 Å². The molecule has 100 valence electrons. The van der Waals surface area contributed by atoms with Gasteiger partial charge in [0.2, 0.25) is 0 Å². The quantitative estimate of drug-likeness (QED) is 0.798. The molecule has 3 atom stereocenters. The first-order valence-electron chi connectivity index (χ1n) is 6.61. The van der Waals surface area contributed by atoms with Crippen LogP contribution in [0.2, 0.25) is 0 Å². The molecule has 0 spiro atoms. The van der Waals surface area contributed by atoms with E-state index in [0.717, 1.165) is 32.0 Å². The molecule has 0 aromatic carbocycles. The standard InChI is InChI=1S/C12H24N2O2S/c1-17(15,16)7-3-6-14-8-10-4-2-5-12(13)11(10)9-14/h10-12H,2-9,13H2,1H3. The third-order valence-corrected chi connectivity index (χ3v) is 5.25. The van der Waals surface area contributed by atoms with Crippen LogP contribution in [0.25, 0.3) is 0 Å². The van der Waals surface area contributed by atoms with Crippen molar-refractivity contribution in [2.24, 2.45) is 17.6 Å². The summed E-state index contributed by atoms with van der Waals surface area (Å²) in [4.78, 5) is 2.41. The summed E-state index contributed by atoms with van der Waals surface area (Å²) in [6, 6.07) is 0.369. The van der Waals surface area contributed by atoms with Gasteiger partial charge in [-0.1, -0.05) is 6.42 Å². The van der Waals surface area contributed by atoms with Gasteiger partial charge in [0.15, 0.2) is 0 Å². The molecule has 3 unspecified atom stereocenters. The fourth-order valence-electron chi connectivity index (χ4n) is 3.34. The summed E-state index contributed by atoms with van der Waals surface area (Å²) in [5.74, 6) is 1.73. The van der Waals surface area contributed by atoms with Crippen LogP contribution >= 0.6 is 0 Å². The van der Waals surface area contributed by atoms with E-state index in [1.807, 2.05) is 0 Å². The maximum atomic E-state index is 11.1. The molecule has 2 fully saturated rings. The van der Waals surface area contributed by atoms with Gasteiger partial charge in [-0.15, -0.1) is 0 Å². The maximum Gasteiger partial charge on any atom is 0.147 e. The Kier molecular flexibility index (Phi) is 4.10. The summed E-state index contributed by atoms with van der Waals surface area (Å²) in [5, 5.41) is 0. The van der Waals surface area contributed by atoms with Crippen molar-refractivity contribution in [1.82, 2.24) is 4.90 Å². The Labute approximate surface area is 104 Å². The summed E-state index contributed by atoms with van der Waals surface area (Å²) >= 11 is 0. The van der Waals surface area contributed by atoms with Gasteiger partial charge in [0, 0.05) is 25.4 Å². The summed E-state index contributed by atoms with van der Waals surface area (Å²) in [6.45, 7) is 3.12. The molecule has 2 N–H and O–H groups in total. The van der Waals surface area contributed by atoms with Gasteiger partial charge in [-0.05, 0) is 37.6 Å². The average Bonchev–Trinajstić information content (AvgIpc) is 2.60. The monoisotopic (exact) mass is 260 g/mol. The second-order valence-corrected chi connectivity index (χ2v) is 8.02. The van der Waals surface area contributed by atoms with Crippen LogP contribution in [0.5, 0.6) is 0 Å². The molecule has 0 bridgehead atoms. The van der Waals surface area contributed by atoms with E-state index in [0.29, 0.717) is 17.7 Å². The number of fused-ring (bicyclic) bond motifs is 1. The Balaban J connectivity index is 1.77. The lowest BCUT2D eigenvalue weighted by atomic mass is 9.78. The van der Waals surface area contributed by atoms with Crippen LogP contribution in [-0.2, 0) is 9.84 Å².